The van der Waals surface area contributed by atoms with Gasteiger partial charge in [-0.15, -0.1) is 0 Å². The number of nitrogens with zero attached hydrogens (tertiary/aromatic N) is 1. The molecule has 17 heavy (non-hydrogen) atoms. The third kappa shape index (κ3) is 3.47. The average molecular weight is 249 g/mol. The van der Waals surface area contributed by atoms with Crippen LogP contribution in [0.3, 0.4) is 0 Å². The molecule has 0 radical (unpaired) electrons. The summed E-state index contributed by atoms with van der Waals surface area (Å²) in [5.74, 6) is 0.508. The Morgan fingerprint density at radius 1 is 1.29 bits per heavy atom. The minimum absolute atomic E-state index is 0.247. The second kappa shape index (κ2) is 6.07. The minimum Gasteiger partial charge on any atom is -0.207 e. The third-order valence-corrected chi connectivity index (χ3v) is 4.63. The van der Waals surface area contributed by atoms with E-state index in [1.54, 1.807) is 6.07 Å². The van der Waals surface area contributed by atoms with Crippen molar-refractivity contribution in [3.63, 3.8) is 0 Å². The molecule has 90 valence electrons. The molecular weight excluding hydrogens is 233 g/mol. The quantitative estimate of drug-likeness (QED) is 0.799. The van der Waals surface area contributed by atoms with Gasteiger partial charge in [-0.1, -0.05) is 19.3 Å². The van der Waals surface area contributed by atoms with Crippen LogP contribution in [0.5, 0.6) is 0 Å². The average Bonchev–Trinajstić information content (AvgIpc) is 2.38. The minimum atomic E-state index is -0.247. The lowest BCUT2D eigenvalue weighted by Gasteiger charge is -2.21. The number of hydrogen-bond donors (Lipinski definition) is 0. The van der Waals surface area contributed by atoms with E-state index in [2.05, 4.69) is 6.07 Å². The number of nitriles is 1. The van der Waals surface area contributed by atoms with Crippen LogP contribution in [0.25, 0.3) is 0 Å². The van der Waals surface area contributed by atoms with Gasteiger partial charge in [-0.3, -0.25) is 0 Å². The summed E-state index contributed by atoms with van der Waals surface area (Å²) in [5.41, 5.74) is 1.44. The summed E-state index contributed by atoms with van der Waals surface area (Å²) in [4.78, 5) is 0. The zero-order chi connectivity index (χ0) is 12.1. The lowest BCUT2D eigenvalue weighted by molar-refractivity contribution is 0.516. The molecule has 0 heterocycles. The summed E-state index contributed by atoms with van der Waals surface area (Å²) in [7, 11) is 0. The molecule has 0 spiro atoms. The van der Waals surface area contributed by atoms with Crippen LogP contribution in [-0.2, 0) is 5.75 Å². The van der Waals surface area contributed by atoms with Crippen LogP contribution in [0, 0.1) is 17.1 Å². The first-order chi connectivity index (χ1) is 8.29. The fraction of sp³-hybridized carbons (Fsp3) is 0.500. The van der Waals surface area contributed by atoms with E-state index in [0.29, 0.717) is 10.8 Å². The second-order valence-corrected chi connectivity index (χ2v) is 5.77. The van der Waals surface area contributed by atoms with Crippen molar-refractivity contribution >= 4 is 11.8 Å². The predicted octanol–water partition coefficient (Wildman–Crippen LogP) is 4.26. The smallest absolute Gasteiger partial charge is 0.123 e. The molecule has 1 saturated carbocycles. The predicted molar refractivity (Wildman–Crippen MR) is 69.3 cm³/mol. The van der Waals surface area contributed by atoms with Crippen molar-refractivity contribution in [2.75, 3.05) is 0 Å². The molecule has 1 nitrogen and oxygen atoms in total. The van der Waals surface area contributed by atoms with Gasteiger partial charge in [0.2, 0.25) is 0 Å². The first-order valence-corrected chi connectivity index (χ1v) is 7.14. The number of hydrogen-bond acceptors (Lipinski definition) is 2. The van der Waals surface area contributed by atoms with Crippen molar-refractivity contribution in [1.82, 2.24) is 0 Å². The molecule has 1 aromatic rings. The van der Waals surface area contributed by atoms with E-state index in [9.17, 15) is 4.39 Å². The van der Waals surface area contributed by atoms with E-state index in [1.165, 1.54) is 44.2 Å². The molecule has 0 unspecified atom stereocenters. The Bertz CT molecular complexity index is 419. The molecule has 0 aliphatic heterocycles. The SMILES string of the molecule is N#Cc1ccc(F)cc1CSC1CCCCC1. The molecule has 2 rings (SSSR count). The fourth-order valence-electron chi connectivity index (χ4n) is 2.23. The highest BCUT2D eigenvalue weighted by Crippen LogP contribution is 2.31. The maximum absolute atomic E-state index is 13.1. The highest BCUT2D eigenvalue weighted by molar-refractivity contribution is 7.99. The van der Waals surface area contributed by atoms with Crippen LogP contribution in [-0.4, -0.2) is 5.25 Å². The van der Waals surface area contributed by atoms with Crippen LogP contribution in [0.15, 0.2) is 18.2 Å². The molecule has 1 fully saturated rings. The van der Waals surface area contributed by atoms with Crippen molar-refractivity contribution in [1.29, 1.82) is 5.26 Å². The topological polar surface area (TPSA) is 23.8 Å². The van der Waals surface area contributed by atoms with E-state index in [4.69, 9.17) is 5.26 Å². The first-order valence-electron chi connectivity index (χ1n) is 6.10. The van der Waals surface area contributed by atoms with Crippen molar-refractivity contribution in [3.8, 4) is 6.07 Å². The number of rotatable bonds is 3. The molecule has 1 aliphatic rings. The second-order valence-electron chi connectivity index (χ2n) is 4.48. The largest absolute Gasteiger partial charge is 0.207 e. The Labute approximate surface area is 106 Å². The van der Waals surface area contributed by atoms with Crippen LogP contribution in [0.2, 0.25) is 0 Å². The lowest BCUT2D eigenvalue weighted by atomic mass is 10.0. The molecule has 1 aromatic carbocycles. The van der Waals surface area contributed by atoms with E-state index in [-0.39, 0.29) is 5.82 Å². The van der Waals surface area contributed by atoms with Crippen LogP contribution >= 0.6 is 11.8 Å². The van der Waals surface area contributed by atoms with Crippen molar-refractivity contribution in [2.24, 2.45) is 0 Å². The number of halogens is 1. The maximum atomic E-state index is 13.1. The zero-order valence-electron chi connectivity index (χ0n) is 9.79. The van der Waals surface area contributed by atoms with E-state index < -0.39 is 0 Å². The zero-order valence-corrected chi connectivity index (χ0v) is 10.6. The molecule has 0 N–H and O–H groups in total. The summed E-state index contributed by atoms with van der Waals surface area (Å²) >= 11 is 1.87. The van der Waals surface area contributed by atoms with Gasteiger partial charge in [0.1, 0.15) is 5.82 Å². The van der Waals surface area contributed by atoms with Gasteiger partial charge in [0, 0.05) is 11.0 Å². The van der Waals surface area contributed by atoms with Gasteiger partial charge in [0.25, 0.3) is 0 Å². The van der Waals surface area contributed by atoms with Crippen LogP contribution < -0.4 is 0 Å². The highest BCUT2D eigenvalue weighted by Gasteiger charge is 2.14. The van der Waals surface area contributed by atoms with Gasteiger partial charge in [-0.05, 0) is 36.6 Å². The van der Waals surface area contributed by atoms with Crippen LogP contribution in [0.1, 0.15) is 43.2 Å². The monoisotopic (exact) mass is 249 g/mol. The van der Waals surface area contributed by atoms with E-state index in [1.807, 2.05) is 11.8 Å². The van der Waals surface area contributed by atoms with Gasteiger partial charge in [0.15, 0.2) is 0 Å². The molecular formula is C14H16FNS. The molecule has 0 atom stereocenters. The summed E-state index contributed by atoms with van der Waals surface area (Å²) in [5, 5.41) is 9.66. The lowest BCUT2D eigenvalue weighted by Crippen LogP contribution is -2.08. The molecule has 1 aliphatic carbocycles. The molecule has 0 aromatic heterocycles. The van der Waals surface area contributed by atoms with Gasteiger partial charge in [-0.25, -0.2) is 4.39 Å². The van der Waals surface area contributed by atoms with Crippen molar-refractivity contribution in [2.45, 2.75) is 43.1 Å². The number of benzene rings is 1. The van der Waals surface area contributed by atoms with Gasteiger partial charge < -0.3 is 0 Å². The van der Waals surface area contributed by atoms with Gasteiger partial charge in [-0.2, -0.15) is 17.0 Å². The van der Waals surface area contributed by atoms with E-state index >= 15 is 0 Å². The fourth-order valence-corrected chi connectivity index (χ4v) is 3.55. The maximum Gasteiger partial charge on any atom is 0.123 e. The standard InChI is InChI=1S/C14H16FNS/c15-13-7-6-11(9-16)12(8-13)10-17-14-4-2-1-3-5-14/h6-8,14H,1-5,10H2. The number of thioether (sulfide) groups is 1. The van der Waals surface area contributed by atoms with Crippen molar-refractivity contribution < 1.29 is 4.39 Å². The van der Waals surface area contributed by atoms with Crippen molar-refractivity contribution in [3.05, 3.63) is 35.1 Å². The Morgan fingerprint density at radius 2 is 2.06 bits per heavy atom. The molecule has 3 heteroatoms. The molecule has 0 amide bonds. The van der Waals surface area contributed by atoms with Crippen LogP contribution in [0.4, 0.5) is 4.39 Å². The Hall–Kier alpha value is -1.01. The Balaban J connectivity index is 1.98. The Morgan fingerprint density at radius 3 is 2.76 bits per heavy atom. The Kier molecular flexibility index (Phi) is 4.44. The third-order valence-electron chi connectivity index (χ3n) is 3.21. The van der Waals surface area contributed by atoms with E-state index in [0.717, 1.165) is 11.3 Å². The normalized spacial score (nSPS) is 16.7. The first kappa shape index (κ1) is 12.4. The molecule has 0 bridgehead atoms. The van der Waals surface area contributed by atoms with Gasteiger partial charge in [0.05, 0.1) is 11.6 Å². The highest BCUT2D eigenvalue weighted by atomic mass is 32.2. The summed E-state index contributed by atoms with van der Waals surface area (Å²) in [6.07, 6.45) is 6.50. The summed E-state index contributed by atoms with van der Waals surface area (Å²) in [6, 6.07) is 6.55. The summed E-state index contributed by atoms with van der Waals surface area (Å²) < 4.78 is 13.1. The van der Waals surface area contributed by atoms with Gasteiger partial charge >= 0.3 is 0 Å². The molecule has 0 saturated heterocycles. The summed E-state index contributed by atoms with van der Waals surface area (Å²) in [6.45, 7) is 0.